The molecule has 2 aliphatic rings. The molecule has 4 nitrogen and oxygen atoms in total. The molecule has 1 aliphatic carbocycles. The van der Waals surface area contributed by atoms with Crippen LogP contribution in [-0.4, -0.2) is 36.3 Å². The van der Waals surface area contributed by atoms with Crippen LogP contribution < -0.4 is 5.32 Å². The number of piperidine rings is 1. The van der Waals surface area contributed by atoms with Crippen molar-refractivity contribution in [2.45, 2.75) is 25.3 Å². The molecular weight excluding hydrogens is 308 g/mol. The molecule has 1 saturated heterocycles. The van der Waals surface area contributed by atoms with Gasteiger partial charge in [-0.05, 0) is 30.7 Å². The molecule has 1 N–H and O–H groups in total. The van der Waals surface area contributed by atoms with Crippen molar-refractivity contribution >= 4 is 33.2 Å². The Kier molecular flexibility index (Phi) is 3.60. The molecule has 2 amide bonds. The van der Waals surface area contributed by atoms with Crippen molar-refractivity contribution in [3.63, 3.8) is 0 Å². The molecule has 0 radical (unpaired) electrons. The molecule has 1 aliphatic heterocycles. The summed E-state index contributed by atoms with van der Waals surface area (Å²) < 4.78 is 1.15. The van der Waals surface area contributed by atoms with Gasteiger partial charge in [0.05, 0.1) is 5.56 Å². The number of hydrogen-bond donors (Lipinski definition) is 1. The summed E-state index contributed by atoms with van der Waals surface area (Å²) in [6.45, 7) is 0.767. The largest absolute Gasteiger partial charge is 0.356 e. The molecule has 1 saturated carbocycles. The minimum atomic E-state index is 0.102. The molecule has 1 aromatic carbocycles. The summed E-state index contributed by atoms with van der Waals surface area (Å²) in [4.78, 5) is 26.4. The second-order valence-corrected chi connectivity index (χ2v) is 7.63. The number of fused-ring (bicyclic) bond motifs is 2. The van der Waals surface area contributed by atoms with Crippen LogP contribution in [0.15, 0.2) is 29.6 Å². The fourth-order valence-electron chi connectivity index (χ4n) is 4.05. The van der Waals surface area contributed by atoms with Crippen molar-refractivity contribution < 1.29 is 9.59 Å². The Hall–Kier alpha value is -1.88. The maximum atomic E-state index is 12.9. The molecule has 3 atom stereocenters. The molecule has 2 fully saturated rings. The molecular formula is C18H20N2O2S. The first-order valence-corrected chi connectivity index (χ1v) is 9.01. The molecule has 0 unspecified atom stereocenters. The van der Waals surface area contributed by atoms with Crippen LogP contribution >= 0.6 is 11.3 Å². The number of carbonyl (C=O) groups excluding carboxylic acids is 2. The predicted molar refractivity (Wildman–Crippen MR) is 91.5 cm³/mol. The van der Waals surface area contributed by atoms with Crippen molar-refractivity contribution in [2.75, 3.05) is 13.6 Å². The van der Waals surface area contributed by atoms with Gasteiger partial charge in [0.2, 0.25) is 5.91 Å². The fraction of sp³-hybridized carbons (Fsp3) is 0.444. The third-order valence-corrected chi connectivity index (χ3v) is 6.37. The lowest BCUT2D eigenvalue weighted by Crippen LogP contribution is -2.38. The van der Waals surface area contributed by atoms with Gasteiger partial charge in [-0.3, -0.25) is 9.59 Å². The van der Waals surface area contributed by atoms with E-state index in [-0.39, 0.29) is 17.9 Å². The second-order valence-electron chi connectivity index (χ2n) is 6.72. The summed E-state index contributed by atoms with van der Waals surface area (Å²) >= 11 is 1.62. The van der Waals surface area contributed by atoms with Crippen molar-refractivity contribution in [1.29, 1.82) is 0 Å². The SMILES string of the molecule is CN(C(=O)c1csc2ccccc12)[C@H]1C[C@H]2CNC(=O)C[C@H]2C1. The molecule has 2 heterocycles. The smallest absolute Gasteiger partial charge is 0.255 e. The zero-order valence-corrected chi connectivity index (χ0v) is 13.9. The van der Waals surface area contributed by atoms with E-state index in [0.29, 0.717) is 18.3 Å². The van der Waals surface area contributed by atoms with E-state index in [9.17, 15) is 9.59 Å². The first-order chi connectivity index (χ1) is 11.1. The number of nitrogens with one attached hydrogen (secondary N) is 1. The molecule has 120 valence electrons. The van der Waals surface area contributed by atoms with E-state index in [2.05, 4.69) is 11.4 Å². The van der Waals surface area contributed by atoms with Gasteiger partial charge in [0, 0.05) is 41.5 Å². The third-order valence-electron chi connectivity index (χ3n) is 5.40. The van der Waals surface area contributed by atoms with Gasteiger partial charge in [-0.25, -0.2) is 0 Å². The van der Waals surface area contributed by atoms with Crippen molar-refractivity contribution in [1.82, 2.24) is 10.2 Å². The highest BCUT2D eigenvalue weighted by Crippen LogP contribution is 2.39. The number of benzene rings is 1. The van der Waals surface area contributed by atoms with Gasteiger partial charge >= 0.3 is 0 Å². The minimum Gasteiger partial charge on any atom is -0.356 e. The Labute approximate surface area is 139 Å². The lowest BCUT2D eigenvalue weighted by atomic mass is 9.89. The Bertz CT molecular complexity index is 769. The number of hydrogen-bond acceptors (Lipinski definition) is 3. The summed E-state index contributed by atoms with van der Waals surface area (Å²) in [6, 6.07) is 8.29. The van der Waals surface area contributed by atoms with Crippen LogP contribution in [0.25, 0.3) is 10.1 Å². The molecule has 1 aromatic heterocycles. The average molecular weight is 328 g/mol. The minimum absolute atomic E-state index is 0.102. The number of rotatable bonds is 2. The normalized spacial score (nSPS) is 26.8. The van der Waals surface area contributed by atoms with E-state index in [4.69, 9.17) is 0 Å². The molecule has 0 bridgehead atoms. The summed E-state index contributed by atoms with van der Waals surface area (Å²) in [5, 5.41) is 5.97. The highest BCUT2D eigenvalue weighted by Gasteiger charge is 2.40. The lowest BCUT2D eigenvalue weighted by molar-refractivity contribution is -0.124. The van der Waals surface area contributed by atoms with Gasteiger partial charge in [0.1, 0.15) is 0 Å². The third kappa shape index (κ3) is 2.53. The van der Waals surface area contributed by atoms with Crippen LogP contribution in [0.2, 0.25) is 0 Å². The van der Waals surface area contributed by atoms with Gasteiger partial charge in [-0.15, -0.1) is 11.3 Å². The maximum absolute atomic E-state index is 12.9. The first-order valence-electron chi connectivity index (χ1n) is 8.13. The number of carbonyl (C=O) groups is 2. The van der Waals surface area contributed by atoms with E-state index < -0.39 is 0 Å². The van der Waals surface area contributed by atoms with E-state index >= 15 is 0 Å². The van der Waals surface area contributed by atoms with Crippen LogP contribution in [0.1, 0.15) is 29.6 Å². The molecule has 5 heteroatoms. The Morgan fingerprint density at radius 1 is 1.26 bits per heavy atom. The van der Waals surface area contributed by atoms with Crippen molar-refractivity contribution in [2.24, 2.45) is 11.8 Å². The van der Waals surface area contributed by atoms with Gasteiger partial charge in [0.25, 0.3) is 5.91 Å². The zero-order valence-electron chi connectivity index (χ0n) is 13.1. The fourth-order valence-corrected chi connectivity index (χ4v) is 4.99. The topological polar surface area (TPSA) is 49.4 Å². The quantitative estimate of drug-likeness (QED) is 0.921. The van der Waals surface area contributed by atoms with Gasteiger partial charge in [0.15, 0.2) is 0 Å². The summed E-state index contributed by atoms with van der Waals surface area (Å²) in [5.41, 5.74) is 0.803. The Morgan fingerprint density at radius 2 is 2.04 bits per heavy atom. The highest BCUT2D eigenvalue weighted by atomic mass is 32.1. The first kappa shape index (κ1) is 14.7. The van der Waals surface area contributed by atoms with Crippen LogP contribution in [-0.2, 0) is 4.79 Å². The number of amides is 2. The van der Waals surface area contributed by atoms with Crippen molar-refractivity contribution in [3.05, 3.63) is 35.2 Å². The highest BCUT2D eigenvalue weighted by molar-refractivity contribution is 7.17. The summed E-state index contributed by atoms with van der Waals surface area (Å²) in [6.07, 6.45) is 2.56. The average Bonchev–Trinajstić information content (AvgIpc) is 3.16. The maximum Gasteiger partial charge on any atom is 0.255 e. The van der Waals surface area contributed by atoms with Crippen LogP contribution in [0.5, 0.6) is 0 Å². The van der Waals surface area contributed by atoms with Gasteiger partial charge in [-0.1, -0.05) is 18.2 Å². The van der Waals surface area contributed by atoms with Gasteiger partial charge in [-0.2, -0.15) is 0 Å². The van der Waals surface area contributed by atoms with E-state index in [1.54, 1.807) is 11.3 Å². The van der Waals surface area contributed by atoms with Crippen molar-refractivity contribution in [3.8, 4) is 0 Å². The summed E-state index contributed by atoms with van der Waals surface area (Å²) in [7, 11) is 1.91. The second kappa shape index (κ2) is 5.64. The predicted octanol–water partition coefficient (Wildman–Crippen LogP) is 2.89. The van der Waals surface area contributed by atoms with Crippen LogP contribution in [0.3, 0.4) is 0 Å². The monoisotopic (exact) mass is 328 g/mol. The van der Waals surface area contributed by atoms with Crippen LogP contribution in [0, 0.1) is 11.8 Å². The standard InChI is InChI=1S/C18H20N2O2S/c1-20(13-6-11-8-17(21)19-9-12(11)7-13)18(22)15-10-23-16-5-3-2-4-14(15)16/h2-5,10-13H,6-9H2,1H3,(H,19,21)/t11-,12+,13-/m1/s1. The summed E-state index contributed by atoms with van der Waals surface area (Å²) in [5.74, 6) is 1.21. The Morgan fingerprint density at radius 3 is 2.91 bits per heavy atom. The van der Waals surface area contributed by atoms with Crippen LogP contribution in [0.4, 0.5) is 0 Å². The zero-order chi connectivity index (χ0) is 16.0. The molecule has 4 rings (SSSR count). The molecule has 0 spiro atoms. The molecule has 2 aromatic rings. The number of nitrogens with zero attached hydrogens (tertiary/aromatic N) is 1. The Balaban J connectivity index is 1.54. The van der Waals surface area contributed by atoms with E-state index in [0.717, 1.165) is 35.0 Å². The number of thiophene rings is 1. The van der Waals surface area contributed by atoms with E-state index in [1.807, 2.05) is 35.5 Å². The van der Waals surface area contributed by atoms with Gasteiger partial charge < -0.3 is 10.2 Å². The molecule has 23 heavy (non-hydrogen) atoms. The lowest BCUT2D eigenvalue weighted by Gasteiger charge is -2.24. The van der Waals surface area contributed by atoms with E-state index in [1.165, 1.54) is 0 Å².